The summed E-state index contributed by atoms with van der Waals surface area (Å²) in [6, 6.07) is 6.33. The van der Waals surface area contributed by atoms with Gasteiger partial charge in [-0.3, -0.25) is 9.59 Å². The van der Waals surface area contributed by atoms with Gasteiger partial charge in [-0.05, 0) is 51.2 Å². The second-order valence-electron chi connectivity index (χ2n) is 8.61. The molecule has 2 heterocycles. The Labute approximate surface area is 171 Å². The number of aromatic nitrogens is 1. The Kier molecular flexibility index (Phi) is 6.03. The van der Waals surface area contributed by atoms with Crippen LogP contribution in [0.5, 0.6) is 0 Å². The Morgan fingerprint density at radius 3 is 2.62 bits per heavy atom. The maximum Gasteiger partial charge on any atom is 0.314 e. The van der Waals surface area contributed by atoms with Crippen molar-refractivity contribution in [1.82, 2.24) is 4.98 Å². The van der Waals surface area contributed by atoms with E-state index in [0.717, 1.165) is 24.1 Å². The van der Waals surface area contributed by atoms with Crippen molar-refractivity contribution in [3.8, 4) is 0 Å². The third-order valence-electron chi connectivity index (χ3n) is 5.62. The lowest BCUT2D eigenvalue weighted by atomic mass is 9.86. The molecular formula is C23H31NO5. The van der Waals surface area contributed by atoms with Gasteiger partial charge in [0.15, 0.2) is 0 Å². The number of nitrogens with one attached hydrogen (secondary N) is 1. The molecule has 1 N–H and O–H groups in total. The largest absolute Gasteiger partial charge is 0.428 e. The van der Waals surface area contributed by atoms with Gasteiger partial charge in [0, 0.05) is 10.9 Å². The molecule has 158 valence electrons. The number of ether oxygens (including phenoxy) is 3. The number of carbonyl (C=O) groups is 2. The van der Waals surface area contributed by atoms with Gasteiger partial charge in [-0.25, -0.2) is 0 Å². The fourth-order valence-electron chi connectivity index (χ4n) is 3.89. The quantitative estimate of drug-likeness (QED) is 0.574. The topological polar surface area (TPSA) is 77.6 Å². The predicted molar refractivity (Wildman–Crippen MR) is 110 cm³/mol. The molecule has 1 aliphatic heterocycles. The van der Waals surface area contributed by atoms with Gasteiger partial charge in [-0.2, -0.15) is 0 Å². The van der Waals surface area contributed by atoms with Crippen LogP contribution in [0.3, 0.4) is 0 Å². The van der Waals surface area contributed by atoms with Crippen LogP contribution in [0.4, 0.5) is 0 Å². The van der Waals surface area contributed by atoms with E-state index in [1.165, 1.54) is 16.5 Å². The zero-order chi connectivity index (χ0) is 21.2. The Morgan fingerprint density at radius 2 is 1.97 bits per heavy atom. The number of aryl methyl sites for hydroxylation is 1. The molecule has 2 aromatic rings. The average molecular weight is 402 g/mol. The van der Waals surface area contributed by atoms with E-state index in [-0.39, 0.29) is 13.2 Å². The predicted octanol–water partition coefficient (Wildman–Crippen LogP) is 4.39. The van der Waals surface area contributed by atoms with Crippen LogP contribution in [-0.4, -0.2) is 30.3 Å². The van der Waals surface area contributed by atoms with E-state index < -0.39 is 23.0 Å². The van der Waals surface area contributed by atoms with Crippen LogP contribution in [0.25, 0.3) is 10.9 Å². The Bertz CT molecular complexity index is 908. The number of H-pyrrole nitrogens is 1. The molecule has 1 atom stereocenters. The summed E-state index contributed by atoms with van der Waals surface area (Å²) in [6.07, 6.45) is 2.43. The minimum absolute atomic E-state index is 0.0673. The second kappa shape index (κ2) is 8.19. The Balaban J connectivity index is 1.80. The van der Waals surface area contributed by atoms with E-state index in [9.17, 15) is 9.59 Å². The molecule has 0 fully saturated rings. The highest BCUT2D eigenvalue weighted by atomic mass is 16.7. The summed E-state index contributed by atoms with van der Waals surface area (Å²) < 4.78 is 16.4. The SMILES string of the molecule is CCc1cccc2c3c([nH]c12)[C@@](CC)(CC(=O)OCOC(=O)C(C)(C)C)OCC3. The molecule has 0 spiro atoms. The van der Waals surface area contributed by atoms with Crippen LogP contribution < -0.4 is 0 Å². The van der Waals surface area contributed by atoms with Gasteiger partial charge in [0.1, 0.15) is 5.60 Å². The molecule has 0 saturated heterocycles. The average Bonchev–Trinajstić information content (AvgIpc) is 3.07. The van der Waals surface area contributed by atoms with Crippen LogP contribution in [0.15, 0.2) is 18.2 Å². The lowest BCUT2D eigenvalue weighted by molar-refractivity contribution is -0.177. The van der Waals surface area contributed by atoms with Crippen molar-refractivity contribution in [3.63, 3.8) is 0 Å². The number of para-hydroxylation sites is 1. The fourth-order valence-corrected chi connectivity index (χ4v) is 3.89. The molecule has 6 heteroatoms. The molecule has 1 aromatic heterocycles. The summed E-state index contributed by atoms with van der Waals surface area (Å²) in [5.41, 5.74) is 3.15. The summed E-state index contributed by atoms with van der Waals surface area (Å²) in [5.74, 6) is -0.856. The normalized spacial score (nSPS) is 19.1. The molecule has 3 rings (SSSR count). The van der Waals surface area contributed by atoms with Crippen molar-refractivity contribution in [2.45, 2.75) is 65.9 Å². The van der Waals surface area contributed by atoms with Crippen LogP contribution in [0.2, 0.25) is 0 Å². The Hall–Kier alpha value is -2.34. The van der Waals surface area contributed by atoms with Crippen LogP contribution in [-0.2, 0) is 42.2 Å². The van der Waals surface area contributed by atoms with E-state index in [4.69, 9.17) is 14.2 Å². The lowest BCUT2D eigenvalue weighted by Gasteiger charge is -2.36. The molecule has 1 aromatic carbocycles. The molecule has 0 bridgehead atoms. The van der Waals surface area contributed by atoms with Crippen molar-refractivity contribution in [2.75, 3.05) is 13.4 Å². The van der Waals surface area contributed by atoms with Gasteiger partial charge in [0.25, 0.3) is 0 Å². The highest BCUT2D eigenvalue weighted by Gasteiger charge is 2.41. The van der Waals surface area contributed by atoms with Gasteiger partial charge in [0.05, 0.1) is 24.1 Å². The molecule has 0 radical (unpaired) electrons. The zero-order valence-corrected chi connectivity index (χ0v) is 18.0. The second-order valence-corrected chi connectivity index (χ2v) is 8.61. The first-order valence-corrected chi connectivity index (χ1v) is 10.3. The number of esters is 2. The molecule has 0 unspecified atom stereocenters. The third kappa shape index (κ3) is 4.17. The molecule has 0 aliphatic carbocycles. The number of carbonyl (C=O) groups excluding carboxylic acids is 2. The molecular weight excluding hydrogens is 370 g/mol. The number of fused-ring (bicyclic) bond motifs is 3. The summed E-state index contributed by atoms with van der Waals surface area (Å²) in [5, 5.41) is 1.20. The molecule has 0 amide bonds. The van der Waals surface area contributed by atoms with E-state index in [1.807, 2.05) is 6.92 Å². The lowest BCUT2D eigenvalue weighted by Crippen LogP contribution is -2.38. The highest BCUT2D eigenvalue weighted by molar-refractivity contribution is 5.88. The van der Waals surface area contributed by atoms with Crippen molar-refractivity contribution in [2.24, 2.45) is 5.41 Å². The maximum atomic E-state index is 12.5. The van der Waals surface area contributed by atoms with Gasteiger partial charge in [0.2, 0.25) is 6.79 Å². The highest BCUT2D eigenvalue weighted by Crippen LogP contribution is 2.42. The monoisotopic (exact) mass is 401 g/mol. The smallest absolute Gasteiger partial charge is 0.314 e. The van der Waals surface area contributed by atoms with E-state index in [1.54, 1.807) is 20.8 Å². The third-order valence-corrected chi connectivity index (χ3v) is 5.62. The summed E-state index contributed by atoms with van der Waals surface area (Å²) in [6.45, 7) is 9.57. The van der Waals surface area contributed by atoms with Gasteiger partial charge < -0.3 is 19.2 Å². The van der Waals surface area contributed by atoms with Crippen molar-refractivity contribution in [3.05, 3.63) is 35.0 Å². The van der Waals surface area contributed by atoms with Gasteiger partial charge in [-0.1, -0.05) is 32.0 Å². The minimum atomic E-state index is -0.761. The van der Waals surface area contributed by atoms with Crippen molar-refractivity contribution < 1.29 is 23.8 Å². The standard InChI is InChI=1S/C23H31NO5/c1-6-15-9-8-10-16-17-11-12-29-23(7-2,20(17)24-19(15)16)13-18(25)27-14-28-21(26)22(3,4)5/h8-10,24H,6-7,11-14H2,1-5H3/t23-/m1/s1. The summed E-state index contributed by atoms with van der Waals surface area (Å²) >= 11 is 0. The van der Waals surface area contributed by atoms with E-state index in [0.29, 0.717) is 13.0 Å². The molecule has 29 heavy (non-hydrogen) atoms. The summed E-state index contributed by atoms with van der Waals surface area (Å²) in [4.78, 5) is 27.9. The maximum absolute atomic E-state index is 12.5. The van der Waals surface area contributed by atoms with E-state index in [2.05, 4.69) is 30.1 Å². The minimum Gasteiger partial charge on any atom is -0.428 e. The fraction of sp³-hybridized carbons (Fsp3) is 0.565. The number of benzene rings is 1. The van der Waals surface area contributed by atoms with E-state index >= 15 is 0 Å². The number of rotatable bonds is 6. The first kappa shape index (κ1) is 21.4. The summed E-state index contributed by atoms with van der Waals surface area (Å²) in [7, 11) is 0. The number of hydrogen-bond acceptors (Lipinski definition) is 5. The van der Waals surface area contributed by atoms with Crippen LogP contribution in [0, 0.1) is 5.41 Å². The number of hydrogen-bond donors (Lipinski definition) is 1. The van der Waals surface area contributed by atoms with Crippen LogP contribution in [0.1, 0.15) is 64.3 Å². The first-order chi connectivity index (χ1) is 13.7. The molecule has 0 saturated carbocycles. The Morgan fingerprint density at radius 1 is 1.21 bits per heavy atom. The first-order valence-electron chi connectivity index (χ1n) is 10.3. The molecule has 6 nitrogen and oxygen atoms in total. The molecule has 1 aliphatic rings. The van der Waals surface area contributed by atoms with Crippen molar-refractivity contribution >= 4 is 22.8 Å². The van der Waals surface area contributed by atoms with Crippen molar-refractivity contribution in [1.29, 1.82) is 0 Å². The van der Waals surface area contributed by atoms with Gasteiger partial charge in [-0.15, -0.1) is 0 Å². The van der Waals surface area contributed by atoms with Crippen LogP contribution >= 0.6 is 0 Å². The van der Waals surface area contributed by atoms with Gasteiger partial charge >= 0.3 is 11.9 Å². The zero-order valence-electron chi connectivity index (χ0n) is 18.0. The number of aromatic amines is 1.